The lowest BCUT2D eigenvalue weighted by atomic mass is 9.87. The molecule has 1 aliphatic rings. The number of aromatic nitrogens is 1. The lowest BCUT2D eigenvalue weighted by Gasteiger charge is -2.32. The van der Waals surface area contributed by atoms with Gasteiger partial charge in [0.2, 0.25) is 5.91 Å². The number of thiazole rings is 1. The highest BCUT2D eigenvalue weighted by molar-refractivity contribution is 7.13. The number of hydrogen-bond acceptors (Lipinski definition) is 5. The molecule has 3 aromatic rings. The molecule has 5 nitrogen and oxygen atoms in total. The average molecular weight is 463 g/mol. The second-order valence-electron chi connectivity index (χ2n) is 9.97. The number of piperazine rings is 1. The fourth-order valence-corrected chi connectivity index (χ4v) is 4.79. The van der Waals surface area contributed by atoms with Gasteiger partial charge in [-0.3, -0.25) is 9.69 Å². The molecule has 1 aromatic heterocycles. The van der Waals surface area contributed by atoms with Crippen LogP contribution >= 0.6 is 11.3 Å². The van der Waals surface area contributed by atoms with E-state index in [0.29, 0.717) is 0 Å². The number of carbonyl (C=O) groups is 1. The van der Waals surface area contributed by atoms with E-state index >= 15 is 0 Å². The number of nitrogens with one attached hydrogen (secondary N) is 1. The second kappa shape index (κ2) is 10.2. The molecule has 6 heteroatoms. The lowest BCUT2D eigenvalue weighted by Crippen LogP contribution is -2.43. The molecule has 1 N–H and O–H groups in total. The van der Waals surface area contributed by atoms with Crippen LogP contribution in [0.1, 0.15) is 37.6 Å². The number of nitrogens with zero attached hydrogens (tertiary/aromatic N) is 3. The van der Waals surface area contributed by atoms with Crippen LogP contribution in [0, 0.1) is 0 Å². The van der Waals surface area contributed by atoms with Crippen molar-refractivity contribution in [2.75, 3.05) is 38.5 Å². The van der Waals surface area contributed by atoms with E-state index in [-0.39, 0.29) is 17.7 Å². The summed E-state index contributed by atoms with van der Waals surface area (Å²) in [7, 11) is 2.18. The van der Waals surface area contributed by atoms with Gasteiger partial charge in [0.25, 0.3) is 0 Å². The van der Waals surface area contributed by atoms with Gasteiger partial charge in [-0.2, -0.15) is 0 Å². The monoisotopic (exact) mass is 462 g/mol. The van der Waals surface area contributed by atoms with Crippen molar-refractivity contribution in [1.29, 1.82) is 0 Å². The Morgan fingerprint density at radius 3 is 2.30 bits per heavy atom. The van der Waals surface area contributed by atoms with Crippen LogP contribution in [0.5, 0.6) is 0 Å². The van der Waals surface area contributed by atoms with Crippen molar-refractivity contribution < 1.29 is 4.79 Å². The third-order valence-electron chi connectivity index (χ3n) is 6.13. The van der Waals surface area contributed by atoms with Gasteiger partial charge >= 0.3 is 0 Å². The fraction of sp³-hybridized carbons (Fsp3) is 0.407. The summed E-state index contributed by atoms with van der Waals surface area (Å²) in [5, 5.41) is 5.92. The number of likely N-dealkylation sites (N-methyl/N-ethyl adjacent to an activating group) is 1. The summed E-state index contributed by atoms with van der Waals surface area (Å²) < 4.78 is 0. The van der Waals surface area contributed by atoms with Gasteiger partial charge in [0, 0.05) is 49.4 Å². The molecule has 0 aliphatic carbocycles. The van der Waals surface area contributed by atoms with E-state index in [1.807, 2.05) is 17.5 Å². The standard InChI is InChI=1S/C27H34N4OS/c1-27(2,3)22-9-11-23(12-10-22)28-25(32)17-24-19-33-26(29-24)21-7-5-20(6-8-21)18-31-15-13-30(4)14-16-31/h5-12,19H,13-18H2,1-4H3,(H,28,32). The summed E-state index contributed by atoms with van der Waals surface area (Å²) in [5.74, 6) is -0.0436. The van der Waals surface area contributed by atoms with E-state index in [1.165, 1.54) is 11.1 Å². The Hall–Kier alpha value is -2.54. The van der Waals surface area contributed by atoms with Crippen molar-refractivity contribution in [2.45, 2.75) is 39.2 Å². The highest BCUT2D eigenvalue weighted by atomic mass is 32.1. The number of anilines is 1. The number of amides is 1. The van der Waals surface area contributed by atoms with Crippen molar-refractivity contribution in [2.24, 2.45) is 0 Å². The van der Waals surface area contributed by atoms with Crippen LogP contribution in [0.3, 0.4) is 0 Å². The number of hydrogen-bond donors (Lipinski definition) is 1. The first-order chi connectivity index (χ1) is 15.8. The molecular formula is C27H34N4OS. The predicted octanol–water partition coefficient (Wildman–Crippen LogP) is 5.04. The zero-order valence-corrected chi connectivity index (χ0v) is 20.9. The molecule has 1 aliphatic heterocycles. The summed E-state index contributed by atoms with van der Waals surface area (Å²) in [6.07, 6.45) is 0.277. The number of carbonyl (C=O) groups excluding carboxylic acids is 1. The van der Waals surface area contributed by atoms with E-state index in [0.717, 1.165) is 54.7 Å². The van der Waals surface area contributed by atoms with Crippen LogP contribution < -0.4 is 5.32 Å². The maximum atomic E-state index is 12.5. The summed E-state index contributed by atoms with van der Waals surface area (Å²) in [6, 6.07) is 16.8. The largest absolute Gasteiger partial charge is 0.326 e. The van der Waals surface area contributed by atoms with E-state index in [4.69, 9.17) is 4.98 Å². The first-order valence-corrected chi connectivity index (χ1v) is 12.5. The fourth-order valence-electron chi connectivity index (χ4n) is 3.96. The molecule has 174 valence electrons. The van der Waals surface area contributed by atoms with Gasteiger partial charge < -0.3 is 10.2 Å². The molecule has 0 unspecified atom stereocenters. The van der Waals surface area contributed by atoms with Crippen LogP contribution in [0.25, 0.3) is 10.6 Å². The van der Waals surface area contributed by atoms with Gasteiger partial charge in [-0.05, 0) is 35.7 Å². The van der Waals surface area contributed by atoms with Crippen molar-refractivity contribution in [3.8, 4) is 10.6 Å². The molecule has 0 saturated carbocycles. The van der Waals surface area contributed by atoms with E-state index in [1.54, 1.807) is 11.3 Å². The van der Waals surface area contributed by atoms with Gasteiger partial charge in [-0.15, -0.1) is 11.3 Å². The van der Waals surface area contributed by atoms with Crippen molar-refractivity contribution in [3.63, 3.8) is 0 Å². The Labute approximate surface area is 201 Å². The quantitative estimate of drug-likeness (QED) is 0.558. The van der Waals surface area contributed by atoms with Crippen molar-refractivity contribution in [3.05, 3.63) is 70.7 Å². The summed E-state index contributed by atoms with van der Waals surface area (Å²) in [6.45, 7) is 12.1. The normalized spacial score (nSPS) is 15.5. The van der Waals surface area contributed by atoms with Gasteiger partial charge in [-0.25, -0.2) is 4.98 Å². The summed E-state index contributed by atoms with van der Waals surface area (Å²) in [4.78, 5) is 22.1. The number of rotatable bonds is 6. The SMILES string of the molecule is CN1CCN(Cc2ccc(-c3nc(CC(=O)Nc4ccc(C(C)(C)C)cc4)cs3)cc2)CC1. The molecule has 0 radical (unpaired) electrons. The molecule has 1 saturated heterocycles. The zero-order valence-electron chi connectivity index (χ0n) is 20.1. The maximum Gasteiger partial charge on any atom is 0.230 e. The van der Waals surface area contributed by atoms with E-state index in [9.17, 15) is 4.79 Å². The molecule has 4 rings (SSSR count). The molecule has 2 aromatic carbocycles. The minimum atomic E-state index is -0.0436. The van der Waals surface area contributed by atoms with Gasteiger partial charge in [-0.1, -0.05) is 57.2 Å². The Kier molecular flexibility index (Phi) is 7.27. The molecule has 2 heterocycles. The van der Waals surface area contributed by atoms with Crippen LogP contribution in [0.15, 0.2) is 53.9 Å². The molecule has 0 spiro atoms. The van der Waals surface area contributed by atoms with E-state index in [2.05, 4.69) is 79.3 Å². The van der Waals surface area contributed by atoms with E-state index < -0.39 is 0 Å². The lowest BCUT2D eigenvalue weighted by molar-refractivity contribution is -0.115. The predicted molar refractivity (Wildman–Crippen MR) is 138 cm³/mol. The topological polar surface area (TPSA) is 48.5 Å². The van der Waals surface area contributed by atoms with Gasteiger partial charge in [0.15, 0.2) is 0 Å². The maximum absolute atomic E-state index is 12.5. The third kappa shape index (κ3) is 6.50. The van der Waals surface area contributed by atoms with Crippen LogP contribution in [0.2, 0.25) is 0 Å². The minimum absolute atomic E-state index is 0.0436. The molecular weight excluding hydrogens is 428 g/mol. The molecule has 1 fully saturated rings. The first-order valence-electron chi connectivity index (χ1n) is 11.6. The van der Waals surface area contributed by atoms with Crippen molar-refractivity contribution >= 4 is 22.9 Å². The molecule has 33 heavy (non-hydrogen) atoms. The molecule has 0 atom stereocenters. The zero-order chi connectivity index (χ0) is 23.4. The summed E-state index contributed by atoms with van der Waals surface area (Å²) in [5.41, 5.74) is 5.41. The molecule has 1 amide bonds. The second-order valence-corrected chi connectivity index (χ2v) is 10.8. The first kappa shape index (κ1) is 23.6. The Bertz CT molecular complexity index is 1060. The molecule has 0 bridgehead atoms. The van der Waals surface area contributed by atoms with Crippen molar-refractivity contribution in [1.82, 2.24) is 14.8 Å². The Morgan fingerprint density at radius 2 is 1.67 bits per heavy atom. The Balaban J connectivity index is 1.31. The van der Waals surface area contributed by atoms with Gasteiger partial charge in [0.1, 0.15) is 5.01 Å². The van der Waals surface area contributed by atoms with Crippen LogP contribution in [-0.2, 0) is 23.2 Å². The highest BCUT2D eigenvalue weighted by Gasteiger charge is 2.15. The average Bonchev–Trinajstić information content (AvgIpc) is 3.24. The third-order valence-corrected chi connectivity index (χ3v) is 7.07. The van der Waals surface area contributed by atoms with Gasteiger partial charge in [0.05, 0.1) is 12.1 Å². The summed E-state index contributed by atoms with van der Waals surface area (Å²) >= 11 is 1.59. The number of benzene rings is 2. The van der Waals surface area contributed by atoms with Crippen LogP contribution in [-0.4, -0.2) is 53.9 Å². The minimum Gasteiger partial charge on any atom is -0.326 e. The Morgan fingerprint density at radius 1 is 1.00 bits per heavy atom. The smallest absolute Gasteiger partial charge is 0.230 e. The highest BCUT2D eigenvalue weighted by Crippen LogP contribution is 2.26. The van der Waals surface area contributed by atoms with Crippen LogP contribution in [0.4, 0.5) is 5.69 Å².